The highest BCUT2D eigenvalue weighted by molar-refractivity contribution is 5.30. The number of fused-ring (bicyclic) bond motifs is 1. The molecular weight excluding hydrogens is 244 g/mol. The lowest BCUT2D eigenvalue weighted by Gasteiger charge is -2.32. The fourth-order valence-corrected chi connectivity index (χ4v) is 4.16. The Balaban J connectivity index is 1.57. The van der Waals surface area contributed by atoms with E-state index in [0.29, 0.717) is 0 Å². The molecule has 3 N–H and O–H groups in total. The van der Waals surface area contributed by atoms with Gasteiger partial charge >= 0.3 is 0 Å². The van der Waals surface area contributed by atoms with Gasteiger partial charge in [-0.25, -0.2) is 0 Å². The Morgan fingerprint density at radius 3 is 2.75 bits per heavy atom. The van der Waals surface area contributed by atoms with Crippen LogP contribution in [-0.4, -0.2) is 25.7 Å². The van der Waals surface area contributed by atoms with Crippen LogP contribution in [0.3, 0.4) is 0 Å². The van der Waals surface area contributed by atoms with Crippen LogP contribution in [-0.2, 0) is 6.42 Å². The van der Waals surface area contributed by atoms with E-state index in [1.165, 1.54) is 58.2 Å². The van der Waals surface area contributed by atoms with E-state index in [4.69, 9.17) is 0 Å². The minimum absolute atomic E-state index is 0.734. The number of aryl methyl sites for hydroxylation is 1. The summed E-state index contributed by atoms with van der Waals surface area (Å²) in [5.41, 5.74) is 3.23. The molecule has 0 spiro atoms. The molecule has 1 aliphatic carbocycles. The molecule has 0 saturated carbocycles. The zero-order chi connectivity index (χ0) is 13.8. The Morgan fingerprint density at radius 1 is 1.15 bits per heavy atom. The fourth-order valence-electron chi connectivity index (χ4n) is 4.16. The molecule has 0 amide bonds. The summed E-state index contributed by atoms with van der Waals surface area (Å²) in [6, 6.07) is 10.7. The van der Waals surface area contributed by atoms with Crippen LogP contribution in [0.5, 0.6) is 0 Å². The molecule has 2 nitrogen and oxygen atoms in total. The second-order valence-electron chi connectivity index (χ2n) is 6.73. The summed E-state index contributed by atoms with van der Waals surface area (Å²) in [6.45, 7) is 6.47. The highest BCUT2D eigenvalue weighted by Crippen LogP contribution is 2.26. The lowest BCUT2D eigenvalue weighted by Crippen LogP contribution is -3.14. The van der Waals surface area contributed by atoms with E-state index in [0.717, 1.165) is 12.1 Å². The number of hydrogen-bond acceptors (Lipinski definition) is 0. The molecule has 2 aliphatic rings. The first kappa shape index (κ1) is 14.1. The van der Waals surface area contributed by atoms with Gasteiger partial charge in [-0.15, -0.1) is 0 Å². The number of piperidine rings is 1. The van der Waals surface area contributed by atoms with Gasteiger partial charge in [0.1, 0.15) is 6.04 Å². The van der Waals surface area contributed by atoms with Crippen molar-refractivity contribution in [3.8, 4) is 0 Å². The molecule has 1 aliphatic heterocycles. The molecule has 1 saturated heterocycles. The Morgan fingerprint density at radius 2 is 1.95 bits per heavy atom. The number of nitrogens with one attached hydrogen (secondary N) is 1. The zero-order valence-corrected chi connectivity index (χ0v) is 12.9. The highest BCUT2D eigenvalue weighted by Gasteiger charge is 2.29. The fraction of sp³-hybridized carbons (Fsp3) is 0.667. The zero-order valence-electron chi connectivity index (χ0n) is 12.9. The van der Waals surface area contributed by atoms with Gasteiger partial charge in [0.2, 0.25) is 0 Å². The first-order chi connectivity index (χ1) is 9.86. The Kier molecular flexibility index (Phi) is 4.74. The molecule has 1 aromatic rings. The largest absolute Gasteiger partial charge is 0.337 e. The van der Waals surface area contributed by atoms with Gasteiger partial charge in [0.05, 0.1) is 25.7 Å². The van der Waals surface area contributed by atoms with Gasteiger partial charge in [-0.3, -0.25) is 0 Å². The minimum Gasteiger partial charge on any atom is -0.337 e. The van der Waals surface area contributed by atoms with Gasteiger partial charge < -0.3 is 10.2 Å². The van der Waals surface area contributed by atoms with Crippen molar-refractivity contribution in [2.75, 3.05) is 19.6 Å². The average Bonchev–Trinajstić information content (AvgIpc) is 2.50. The monoisotopic (exact) mass is 274 g/mol. The van der Waals surface area contributed by atoms with E-state index in [2.05, 4.69) is 36.5 Å². The average molecular weight is 274 g/mol. The Labute approximate surface area is 123 Å². The molecule has 0 bridgehead atoms. The number of nitrogens with two attached hydrogens (primary N) is 1. The third-order valence-electron chi connectivity index (χ3n) is 5.26. The summed E-state index contributed by atoms with van der Waals surface area (Å²) in [5.74, 6) is 0. The maximum absolute atomic E-state index is 2.71. The number of benzene rings is 1. The van der Waals surface area contributed by atoms with Crippen LogP contribution < -0.4 is 10.2 Å². The minimum atomic E-state index is 0.734. The normalized spacial score (nSPS) is 29.9. The summed E-state index contributed by atoms with van der Waals surface area (Å²) < 4.78 is 0. The second-order valence-corrected chi connectivity index (χ2v) is 6.73. The molecule has 1 atom stereocenters. The topological polar surface area (TPSA) is 21.1 Å². The van der Waals surface area contributed by atoms with E-state index in [1.54, 1.807) is 11.1 Å². The SMILES string of the molecule is CCC[NH+]1CCC([NH2+][C@@H]2CCCc3ccccc32)CC1. The third kappa shape index (κ3) is 3.24. The number of likely N-dealkylation sites (tertiary alicyclic amines) is 1. The molecule has 1 heterocycles. The number of hydrogen-bond donors (Lipinski definition) is 2. The molecule has 20 heavy (non-hydrogen) atoms. The van der Waals surface area contributed by atoms with Crippen LogP contribution >= 0.6 is 0 Å². The molecule has 1 fully saturated rings. The first-order valence-electron chi connectivity index (χ1n) is 8.63. The van der Waals surface area contributed by atoms with Crippen LogP contribution in [0, 0.1) is 0 Å². The lowest BCUT2D eigenvalue weighted by molar-refractivity contribution is -0.914. The Bertz CT molecular complexity index is 421. The van der Waals surface area contributed by atoms with Crippen molar-refractivity contribution in [1.82, 2.24) is 0 Å². The van der Waals surface area contributed by atoms with Crippen molar-refractivity contribution < 1.29 is 10.2 Å². The van der Waals surface area contributed by atoms with Crippen LogP contribution in [0.2, 0.25) is 0 Å². The maximum Gasteiger partial charge on any atom is 0.112 e. The van der Waals surface area contributed by atoms with Crippen molar-refractivity contribution in [3.63, 3.8) is 0 Å². The van der Waals surface area contributed by atoms with Gasteiger partial charge in [-0.1, -0.05) is 31.2 Å². The number of quaternary nitrogens is 2. The summed E-state index contributed by atoms with van der Waals surface area (Å²) in [6.07, 6.45) is 8.19. The molecule has 0 aromatic heterocycles. The molecule has 3 rings (SSSR count). The van der Waals surface area contributed by atoms with Crippen molar-refractivity contribution >= 4 is 0 Å². The quantitative estimate of drug-likeness (QED) is 0.820. The molecule has 0 radical (unpaired) electrons. The predicted octanol–water partition coefficient (Wildman–Crippen LogP) is 1.08. The van der Waals surface area contributed by atoms with E-state index in [1.807, 2.05) is 4.90 Å². The highest BCUT2D eigenvalue weighted by atomic mass is 15.1. The van der Waals surface area contributed by atoms with Crippen molar-refractivity contribution in [3.05, 3.63) is 35.4 Å². The van der Waals surface area contributed by atoms with Crippen molar-refractivity contribution in [2.24, 2.45) is 0 Å². The molecule has 0 unspecified atom stereocenters. The van der Waals surface area contributed by atoms with E-state index >= 15 is 0 Å². The van der Waals surface area contributed by atoms with E-state index in [-0.39, 0.29) is 0 Å². The van der Waals surface area contributed by atoms with Gasteiger partial charge in [0, 0.05) is 24.8 Å². The third-order valence-corrected chi connectivity index (χ3v) is 5.26. The van der Waals surface area contributed by atoms with E-state index in [9.17, 15) is 0 Å². The van der Waals surface area contributed by atoms with Crippen LogP contribution in [0.25, 0.3) is 0 Å². The molecule has 2 heteroatoms. The van der Waals surface area contributed by atoms with Crippen LogP contribution in [0.4, 0.5) is 0 Å². The number of rotatable bonds is 4. The summed E-state index contributed by atoms with van der Waals surface area (Å²) in [4.78, 5) is 1.83. The van der Waals surface area contributed by atoms with Crippen LogP contribution in [0.1, 0.15) is 56.2 Å². The maximum atomic E-state index is 2.71. The smallest absolute Gasteiger partial charge is 0.112 e. The molecular formula is C18H30N2+2. The molecule has 1 aromatic carbocycles. The van der Waals surface area contributed by atoms with Gasteiger partial charge in [0.15, 0.2) is 0 Å². The second kappa shape index (κ2) is 6.73. The summed E-state index contributed by atoms with van der Waals surface area (Å²) in [5, 5.41) is 2.71. The summed E-state index contributed by atoms with van der Waals surface area (Å²) >= 11 is 0. The van der Waals surface area contributed by atoms with Gasteiger partial charge in [-0.05, 0) is 24.8 Å². The van der Waals surface area contributed by atoms with Crippen molar-refractivity contribution in [1.29, 1.82) is 0 Å². The van der Waals surface area contributed by atoms with Gasteiger partial charge in [-0.2, -0.15) is 0 Å². The standard InChI is InChI=1S/C18H28N2/c1-2-12-20-13-10-16(11-14-20)19-18-9-5-7-15-6-3-4-8-17(15)18/h3-4,6,8,16,18-19H,2,5,7,9-14H2,1H3/p+2/t18-/m1/s1. The Hall–Kier alpha value is -0.860. The van der Waals surface area contributed by atoms with Crippen molar-refractivity contribution in [2.45, 2.75) is 57.5 Å². The van der Waals surface area contributed by atoms with Crippen LogP contribution in [0.15, 0.2) is 24.3 Å². The first-order valence-corrected chi connectivity index (χ1v) is 8.63. The lowest BCUT2D eigenvalue weighted by atomic mass is 9.87. The predicted molar refractivity (Wildman–Crippen MR) is 82.9 cm³/mol. The summed E-state index contributed by atoms with van der Waals surface area (Å²) in [7, 11) is 0. The van der Waals surface area contributed by atoms with Gasteiger partial charge in [0.25, 0.3) is 0 Å². The molecule has 110 valence electrons. The van der Waals surface area contributed by atoms with E-state index < -0.39 is 0 Å².